The molecule has 0 bridgehead atoms. The molecule has 5 nitrogen and oxygen atoms in total. The van der Waals surface area contributed by atoms with Gasteiger partial charge >= 0.3 is 0 Å². The monoisotopic (exact) mass is 442 g/mol. The van der Waals surface area contributed by atoms with Crippen LogP contribution in [0, 0.1) is 0 Å². The Morgan fingerprint density at radius 1 is 0.833 bits per heavy atom. The van der Waals surface area contributed by atoms with E-state index in [4.69, 9.17) is 32.7 Å². The minimum Gasteiger partial charge on any atom is -0.489 e. The molecule has 7 heteroatoms. The van der Waals surface area contributed by atoms with E-state index in [0.29, 0.717) is 28.9 Å². The minimum absolute atomic E-state index is 0.0781. The summed E-state index contributed by atoms with van der Waals surface area (Å²) < 4.78 is 11.4. The van der Waals surface area contributed by atoms with Crippen molar-refractivity contribution in [2.45, 2.75) is 19.7 Å². The molecule has 154 valence electrons. The standard InChI is InChI=1S/C23H20Cl2N2O3/c24-16-2-6-18(7-3-16)29-13-15-1-10-22(21-12-26-11-20(15)21)27-23(28)14-30-19-8-4-17(25)5-9-19/h1-10,26H,11-14H2,(H,27,28). The average molecular weight is 443 g/mol. The van der Waals surface area contributed by atoms with Crippen LogP contribution in [0.2, 0.25) is 10.0 Å². The first kappa shape index (κ1) is 20.5. The van der Waals surface area contributed by atoms with Gasteiger partial charge in [-0.25, -0.2) is 0 Å². The van der Waals surface area contributed by atoms with Crippen molar-refractivity contribution in [1.82, 2.24) is 5.32 Å². The number of fused-ring (bicyclic) bond motifs is 1. The molecule has 1 heterocycles. The maximum atomic E-state index is 12.4. The summed E-state index contributed by atoms with van der Waals surface area (Å²) in [6.45, 7) is 1.79. The number of nitrogens with one attached hydrogen (secondary N) is 2. The van der Waals surface area contributed by atoms with E-state index in [1.165, 1.54) is 0 Å². The van der Waals surface area contributed by atoms with E-state index in [2.05, 4.69) is 10.6 Å². The molecule has 1 aliphatic rings. The van der Waals surface area contributed by atoms with Crippen LogP contribution >= 0.6 is 23.2 Å². The number of carbonyl (C=O) groups excluding carboxylic acids is 1. The van der Waals surface area contributed by atoms with Crippen LogP contribution in [0.5, 0.6) is 11.5 Å². The second-order valence-corrected chi connectivity index (χ2v) is 7.74. The molecule has 0 saturated carbocycles. The predicted molar refractivity (Wildman–Crippen MR) is 118 cm³/mol. The fourth-order valence-electron chi connectivity index (χ4n) is 3.29. The number of ether oxygens (including phenoxy) is 2. The fraction of sp³-hybridized carbons (Fsp3) is 0.174. The summed E-state index contributed by atoms with van der Waals surface area (Å²) >= 11 is 11.8. The van der Waals surface area contributed by atoms with E-state index in [-0.39, 0.29) is 12.5 Å². The molecule has 0 aliphatic carbocycles. The van der Waals surface area contributed by atoms with Gasteiger partial charge in [0, 0.05) is 28.8 Å². The van der Waals surface area contributed by atoms with Gasteiger partial charge in [-0.2, -0.15) is 0 Å². The molecular formula is C23H20Cl2N2O3. The van der Waals surface area contributed by atoms with Crippen molar-refractivity contribution in [2.75, 3.05) is 11.9 Å². The maximum Gasteiger partial charge on any atom is 0.262 e. The Morgan fingerprint density at radius 2 is 1.43 bits per heavy atom. The highest BCUT2D eigenvalue weighted by Crippen LogP contribution is 2.29. The van der Waals surface area contributed by atoms with Crippen molar-refractivity contribution in [3.05, 3.63) is 87.4 Å². The number of rotatable bonds is 7. The van der Waals surface area contributed by atoms with Gasteiger partial charge in [0.25, 0.3) is 5.91 Å². The van der Waals surface area contributed by atoms with E-state index in [0.717, 1.165) is 34.7 Å². The van der Waals surface area contributed by atoms with E-state index in [1.54, 1.807) is 36.4 Å². The van der Waals surface area contributed by atoms with Gasteiger partial charge in [-0.05, 0) is 71.3 Å². The first-order valence-electron chi connectivity index (χ1n) is 9.49. The third kappa shape index (κ3) is 5.05. The molecule has 0 spiro atoms. The molecule has 0 radical (unpaired) electrons. The van der Waals surface area contributed by atoms with Crippen molar-refractivity contribution in [3.8, 4) is 11.5 Å². The van der Waals surface area contributed by atoms with Gasteiger partial charge in [0.1, 0.15) is 18.1 Å². The highest BCUT2D eigenvalue weighted by atomic mass is 35.5. The highest BCUT2D eigenvalue weighted by Gasteiger charge is 2.19. The summed E-state index contributed by atoms with van der Waals surface area (Å²) in [5.41, 5.74) is 4.10. The maximum absolute atomic E-state index is 12.4. The van der Waals surface area contributed by atoms with Crippen molar-refractivity contribution in [2.24, 2.45) is 0 Å². The van der Waals surface area contributed by atoms with Gasteiger partial charge in [0.15, 0.2) is 6.61 Å². The van der Waals surface area contributed by atoms with Crippen LogP contribution < -0.4 is 20.1 Å². The molecule has 0 saturated heterocycles. The van der Waals surface area contributed by atoms with Crippen molar-refractivity contribution in [1.29, 1.82) is 0 Å². The second-order valence-electron chi connectivity index (χ2n) is 6.87. The van der Waals surface area contributed by atoms with E-state index in [9.17, 15) is 4.79 Å². The normalized spacial score (nSPS) is 12.3. The van der Waals surface area contributed by atoms with Gasteiger partial charge in [-0.1, -0.05) is 29.3 Å². The summed E-state index contributed by atoms with van der Waals surface area (Å²) in [5, 5.41) is 7.58. The SMILES string of the molecule is O=C(COc1ccc(Cl)cc1)Nc1ccc(COc2ccc(Cl)cc2)c2c1CNC2. The van der Waals surface area contributed by atoms with Crippen LogP contribution in [-0.4, -0.2) is 12.5 Å². The Hall–Kier alpha value is -2.73. The van der Waals surface area contributed by atoms with E-state index >= 15 is 0 Å². The minimum atomic E-state index is -0.218. The molecule has 0 unspecified atom stereocenters. The van der Waals surface area contributed by atoms with Crippen LogP contribution in [0.1, 0.15) is 16.7 Å². The lowest BCUT2D eigenvalue weighted by Gasteiger charge is -2.15. The Balaban J connectivity index is 1.39. The second kappa shape index (κ2) is 9.39. The van der Waals surface area contributed by atoms with Gasteiger partial charge < -0.3 is 20.1 Å². The molecule has 0 aromatic heterocycles. The zero-order valence-corrected chi connectivity index (χ0v) is 17.6. The Bertz CT molecular complexity index is 1040. The van der Waals surface area contributed by atoms with Crippen LogP contribution in [0.15, 0.2) is 60.7 Å². The molecule has 1 amide bonds. The highest BCUT2D eigenvalue weighted by molar-refractivity contribution is 6.30. The topological polar surface area (TPSA) is 59.6 Å². The first-order valence-corrected chi connectivity index (χ1v) is 10.2. The van der Waals surface area contributed by atoms with Crippen LogP contribution in [0.3, 0.4) is 0 Å². The van der Waals surface area contributed by atoms with E-state index < -0.39 is 0 Å². The molecule has 3 aromatic rings. The Morgan fingerprint density at radius 3 is 2.10 bits per heavy atom. The molecule has 3 aromatic carbocycles. The lowest BCUT2D eigenvalue weighted by atomic mass is 10.0. The van der Waals surface area contributed by atoms with Crippen molar-refractivity contribution in [3.63, 3.8) is 0 Å². The van der Waals surface area contributed by atoms with Gasteiger partial charge in [0.2, 0.25) is 0 Å². The molecule has 0 fully saturated rings. The third-order valence-electron chi connectivity index (χ3n) is 4.80. The Kier molecular flexibility index (Phi) is 6.43. The number of carbonyl (C=O) groups is 1. The number of hydrogen-bond donors (Lipinski definition) is 2. The van der Waals surface area contributed by atoms with Crippen LogP contribution in [-0.2, 0) is 24.5 Å². The molecule has 2 N–H and O–H groups in total. The van der Waals surface area contributed by atoms with Gasteiger partial charge in [-0.3, -0.25) is 4.79 Å². The largest absolute Gasteiger partial charge is 0.489 e. The molecular weight excluding hydrogens is 423 g/mol. The molecule has 30 heavy (non-hydrogen) atoms. The van der Waals surface area contributed by atoms with E-state index in [1.807, 2.05) is 24.3 Å². The number of anilines is 1. The number of amides is 1. The smallest absolute Gasteiger partial charge is 0.262 e. The number of halogens is 2. The quantitative estimate of drug-likeness (QED) is 0.528. The summed E-state index contributed by atoms with van der Waals surface area (Å²) in [7, 11) is 0. The third-order valence-corrected chi connectivity index (χ3v) is 5.30. The molecule has 0 atom stereocenters. The molecule has 1 aliphatic heterocycles. The van der Waals surface area contributed by atoms with Gasteiger partial charge in [-0.15, -0.1) is 0 Å². The Labute approximate surface area is 184 Å². The van der Waals surface area contributed by atoms with Gasteiger partial charge in [0.05, 0.1) is 0 Å². The van der Waals surface area contributed by atoms with Crippen molar-refractivity contribution < 1.29 is 14.3 Å². The number of hydrogen-bond acceptors (Lipinski definition) is 4. The van der Waals surface area contributed by atoms with Crippen molar-refractivity contribution >= 4 is 34.8 Å². The summed E-state index contributed by atoms with van der Waals surface area (Å²) in [6, 6.07) is 18.1. The number of benzene rings is 3. The lowest BCUT2D eigenvalue weighted by Crippen LogP contribution is -2.21. The summed E-state index contributed by atoms with van der Waals surface area (Å²) in [6.07, 6.45) is 0. The van der Waals surface area contributed by atoms with Crippen LogP contribution in [0.4, 0.5) is 5.69 Å². The summed E-state index contributed by atoms with van der Waals surface area (Å²) in [4.78, 5) is 12.4. The zero-order valence-electron chi connectivity index (χ0n) is 16.1. The average Bonchev–Trinajstić information content (AvgIpc) is 3.25. The predicted octanol–water partition coefficient (Wildman–Crippen LogP) is 5.19. The first-order chi connectivity index (χ1) is 14.6. The van der Waals surface area contributed by atoms with Crippen LogP contribution in [0.25, 0.3) is 0 Å². The summed E-state index contributed by atoms with van der Waals surface area (Å²) in [5.74, 6) is 1.14. The molecule has 4 rings (SSSR count). The lowest BCUT2D eigenvalue weighted by molar-refractivity contribution is -0.118. The fourth-order valence-corrected chi connectivity index (χ4v) is 3.54. The zero-order chi connectivity index (χ0) is 20.9.